The first kappa shape index (κ1) is 16.5. The fourth-order valence-corrected chi connectivity index (χ4v) is 1.85. The Bertz CT molecular complexity index is 688. The van der Waals surface area contributed by atoms with Crippen molar-refractivity contribution in [3.8, 4) is 0 Å². The quantitative estimate of drug-likeness (QED) is 0.515. The molecule has 1 fully saturated rings. The summed E-state index contributed by atoms with van der Waals surface area (Å²) in [4.78, 5) is 35.2. The van der Waals surface area contributed by atoms with E-state index in [0.29, 0.717) is 0 Å². The molecule has 1 aromatic carbocycles. The first-order valence-corrected chi connectivity index (χ1v) is 6.55. The largest absolute Gasteiger partial charge is 0.465 e. The van der Waals surface area contributed by atoms with Crippen molar-refractivity contribution >= 4 is 23.6 Å². The number of ether oxygens (including phenoxy) is 3. The van der Waals surface area contributed by atoms with E-state index < -0.39 is 35.1 Å². The van der Waals surface area contributed by atoms with Crippen LogP contribution in [0.5, 0.6) is 0 Å². The number of nitrogens with one attached hydrogen (secondary N) is 1. The minimum Gasteiger partial charge on any atom is -0.465 e. The lowest BCUT2D eigenvalue weighted by Gasteiger charge is -2.29. The standard InChI is InChI=1S/C15H14FNO6/c1-15(2)22-13(19)10(14(20)23-15)7-17-11-6-8(16)4-5-9(11)12(18)21-3/h4-7,17H,1-3H3. The van der Waals surface area contributed by atoms with Gasteiger partial charge in [-0.2, -0.15) is 0 Å². The molecule has 2 rings (SSSR count). The third-order valence-corrected chi connectivity index (χ3v) is 2.88. The molecule has 1 aliphatic rings. The number of cyclic esters (lactones) is 2. The van der Waals surface area contributed by atoms with Crippen LogP contribution in [0.3, 0.4) is 0 Å². The van der Waals surface area contributed by atoms with E-state index in [1.165, 1.54) is 27.0 Å². The Hall–Kier alpha value is -2.90. The number of methoxy groups -OCH3 is 1. The summed E-state index contributed by atoms with van der Waals surface area (Å²) in [5.74, 6) is -4.47. The van der Waals surface area contributed by atoms with Gasteiger partial charge in [0.2, 0.25) is 0 Å². The minimum absolute atomic E-state index is 0.0229. The van der Waals surface area contributed by atoms with E-state index >= 15 is 0 Å². The van der Waals surface area contributed by atoms with Gasteiger partial charge in [0, 0.05) is 20.0 Å². The molecule has 1 heterocycles. The zero-order valence-electron chi connectivity index (χ0n) is 12.6. The Morgan fingerprint density at radius 1 is 1.26 bits per heavy atom. The highest BCUT2D eigenvalue weighted by atomic mass is 19.1. The zero-order chi connectivity index (χ0) is 17.2. The molecule has 7 nitrogen and oxygen atoms in total. The summed E-state index contributed by atoms with van der Waals surface area (Å²) in [6.45, 7) is 2.82. The van der Waals surface area contributed by atoms with Gasteiger partial charge in [-0.05, 0) is 18.2 Å². The molecule has 0 spiro atoms. The number of rotatable bonds is 3. The van der Waals surface area contributed by atoms with Gasteiger partial charge in [0.05, 0.1) is 18.4 Å². The van der Waals surface area contributed by atoms with Gasteiger partial charge in [0.1, 0.15) is 5.82 Å². The predicted molar refractivity (Wildman–Crippen MR) is 75.7 cm³/mol. The van der Waals surface area contributed by atoms with Crippen molar-refractivity contribution in [1.29, 1.82) is 0 Å². The van der Waals surface area contributed by atoms with Crippen LogP contribution in [0, 0.1) is 5.82 Å². The van der Waals surface area contributed by atoms with Gasteiger partial charge in [-0.1, -0.05) is 0 Å². The maximum Gasteiger partial charge on any atom is 0.350 e. The smallest absolute Gasteiger partial charge is 0.350 e. The van der Waals surface area contributed by atoms with Crippen LogP contribution in [0.2, 0.25) is 0 Å². The first-order valence-electron chi connectivity index (χ1n) is 6.55. The molecule has 1 N–H and O–H groups in total. The third-order valence-electron chi connectivity index (χ3n) is 2.88. The monoisotopic (exact) mass is 323 g/mol. The molecule has 0 atom stereocenters. The molecular formula is C15H14FNO6. The number of anilines is 1. The second kappa shape index (κ2) is 6.07. The Kier molecular flexibility index (Phi) is 4.35. The highest BCUT2D eigenvalue weighted by Crippen LogP contribution is 2.24. The first-order chi connectivity index (χ1) is 10.7. The maximum atomic E-state index is 13.3. The normalized spacial score (nSPS) is 16.3. The van der Waals surface area contributed by atoms with Gasteiger partial charge in [-0.25, -0.2) is 18.8 Å². The molecule has 1 aromatic rings. The van der Waals surface area contributed by atoms with Crippen LogP contribution in [0.15, 0.2) is 30.0 Å². The Balaban J connectivity index is 2.30. The average Bonchev–Trinajstić information content (AvgIpc) is 2.44. The molecule has 0 unspecified atom stereocenters. The average molecular weight is 323 g/mol. The number of hydrogen-bond acceptors (Lipinski definition) is 7. The van der Waals surface area contributed by atoms with E-state index in [9.17, 15) is 18.8 Å². The molecule has 0 aromatic heterocycles. The molecule has 23 heavy (non-hydrogen) atoms. The topological polar surface area (TPSA) is 90.9 Å². The number of esters is 3. The fourth-order valence-electron chi connectivity index (χ4n) is 1.85. The van der Waals surface area contributed by atoms with Crippen LogP contribution in [0.1, 0.15) is 24.2 Å². The summed E-state index contributed by atoms with van der Waals surface area (Å²) in [6.07, 6.45) is 0.987. The van der Waals surface area contributed by atoms with Crippen molar-refractivity contribution in [3.05, 3.63) is 41.4 Å². The van der Waals surface area contributed by atoms with E-state index in [-0.39, 0.29) is 11.3 Å². The van der Waals surface area contributed by atoms with Gasteiger partial charge in [0.25, 0.3) is 5.79 Å². The maximum absolute atomic E-state index is 13.3. The molecule has 1 aliphatic heterocycles. The van der Waals surface area contributed by atoms with E-state index in [1.54, 1.807) is 0 Å². The lowest BCUT2D eigenvalue weighted by molar-refractivity contribution is -0.222. The number of benzene rings is 1. The third kappa shape index (κ3) is 3.65. The second-order valence-corrected chi connectivity index (χ2v) is 5.06. The summed E-state index contributed by atoms with van der Waals surface area (Å²) in [6, 6.07) is 3.31. The van der Waals surface area contributed by atoms with Crippen LogP contribution in [0.4, 0.5) is 10.1 Å². The summed E-state index contributed by atoms with van der Waals surface area (Å²) in [5.41, 5.74) is -0.359. The summed E-state index contributed by atoms with van der Waals surface area (Å²) < 4.78 is 27.7. The predicted octanol–water partition coefficient (Wildman–Crippen LogP) is 1.74. The van der Waals surface area contributed by atoms with Gasteiger partial charge >= 0.3 is 17.9 Å². The SMILES string of the molecule is COC(=O)c1ccc(F)cc1NC=C1C(=O)OC(C)(C)OC1=O. The van der Waals surface area contributed by atoms with Crippen molar-refractivity contribution in [3.63, 3.8) is 0 Å². The number of hydrogen-bond donors (Lipinski definition) is 1. The summed E-state index contributed by atoms with van der Waals surface area (Å²) >= 11 is 0. The van der Waals surface area contributed by atoms with Gasteiger partial charge < -0.3 is 19.5 Å². The number of halogens is 1. The van der Waals surface area contributed by atoms with Crippen LogP contribution < -0.4 is 5.32 Å². The van der Waals surface area contributed by atoms with E-state index in [2.05, 4.69) is 10.1 Å². The molecule has 122 valence electrons. The molecule has 0 radical (unpaired) electrons. The van der Waals surface area contributed by atoms with E-state index in [1.807, 2.05) is 0 Å². The highest BCUT2D eigenvalue weighted by Gasteiger charge is 2.39. The molecule has 8 heteroatoms. The summed E-state index contributed by atoms with van der Waals surface area (Å²) in [7, 11) is 1.17. The molecule has 0 saturated carbocycles. The summed E-state index contributed by atoms with van der Waals surface area (Å²) in [5, 5.41) is 2.52. The highest BCUT2D eigenvalue weighted by molar-refractivity contribution is 6.15. The van der Waals surface area contributed by atoms with E-state index in [4.69, 9.17) is 9.47 Å². The molecule has 0 amide bonds. The van der Waals surface area contributed by atoms with Crippen molar-refractivity contribution in [2.45, 2.75) is 19.6 Å². The molecule has 0 bridgehead atoms. The Morgan fingerprint density at radius 2 is 1.87 bits per heavy atom. The minimum atomic E-state index is -1.36. The van der Waals surface area contributed by atoms with Crippen LogP contribution in [-0.4, -0.2) is 30.8 Å². The zero-order valence-corrected chi connectivity index (χ0v) is 12.6. The lowest BCUT2D eigenvalue weighted by Crippen LogP contribution is -2.42. The van der Waals surface area contributed by atoms with Crippen LogP contribution in [-0.2, 0) is 23.8 Å². The number of carbonyl (C=O) groups excluding carboxylic acids is 3. The van der Waals surface area contributed by atoms with Gasteiger partial charge in [0.15, 0.2) is 5.57 Å². The molecule has 0 aliphatic carbocycles. The molecular weight excluding hydrogens is 309 g/mol. The van der Waals surface area contributed by atoms with Crippen LogP contribution in [0.25, 0.3) is 0 Å². The van der Waals surface area contributed by atoms with E-state index in [0.717, 1.165) is 18.3 Å². The fraction of sp³-hybridized carbons (Fsp3) is 0.267. The van der Waals surface area contributed by atoms with Gasteiger partial charge in [-0.3, -0.25) is 0 Å². The van der Waals surface area contributed by atoms with Gasteiger partial charge in [-0.15, -0.1) is 0 Å². The Morgan fingerprint density at radius 3 is 2.43 bits per heavy atom. The van der Waals surface area contributed by atoms with Crippen molar-refractivity contribution < 1.29 is 33.0 Å². The Labute approximate surface area is 131 Å². The number of carbonyl (C=O) groups is 3. The van der Waals surface area contributed by atoms with Crippen molar-refractivity contribution in [2.24, 2.45) is 0 Å². The van der Waals surface area contributed by atoms with Crippen molar-refractivity contribution in [2.75, 3.05) is 12.4 Å². The van der Waals surface area contributed by atoms with Crippen LogP contribution >= 0.6 is 0 Å². The van der Waals surface area contributed by atoms with Crippen molar-refractivity contribution in [1.82, 2.24) is 0 Å². The second-order valence-electron chi connectivity index (χ2n) is 5.06. The lowest BCUT2D eigenvalue weighted by atomic mass is 10.1. The molecule has 1 saturated heterocycles.